The lowest BCUT2D eigenvalue weighted by Gasteiger charge is -2.21. The van der Waals surface area contributed by atoms with Crippen molar-refractivity contribution in [3.63, 3.8) is 0 Å². The molecule has 19 heavy (non-hydrogen) atoms. The SMILES string of the molecule is CCC(C)C(C(=O)c1ccc(Br)o1)c1ccccc1. The number of carbonyl (C=O) groups excluding carboxylic acids is 1. The number of carbonyl (C=O) groups is 1. The van der Waals surface area contributed by atoms with Crippen molar-refractivity contribution in [3.05, 3.63) is 58.5 Å². The Morgan fingerprint density at radius 1 is 1.21 bits per heavy atom. The summed E-state index contributed by atoms with van der Waals surface area (Å²) in [6.07, 6.45) is 0.952. The Labute approximate surface area is 122 Å². The molecule has 2 unspecified atom stereocenters. The number of benzene rings is 1. The predicted molar refractivity (Wildman–Crippen MR) is 79.4 cm³/mol. The predicted octanol–water partition coefficient (Wildman–Crippen LogP) is 5.05. The van der Waals surface area contributed by atoms with E-state index in [1.54, 1.807) is 12.1 Å². The summed E-state index contributed by atoms with van der Waals surface area (Å²) in [5.41, 5.74) is 1.05. The molecule has 0 radical (unpaired) electrons. The van der Waals surface area contributed by atoms with Crippen LogP contribution in [0, 0.1) is 5.92 Å². The first-order valence-electron chi connectivity index (χ1n) is 6.48. The van der Waals surface area contributed by atoms with E-state index < -0.39 is 0 Å². The quantitative estimate of drug-likeness (QED) is 0.721. The summed E-state index contributed by atoms with van der Waals surface area (Å²) in [4.78, 5) is 12.6. The van der Waals surface area contributed by atoms with Gasteiger partial charge in [0.2, 0.25) is 5.78 Å². The molecule has 0 saturated carbocycles. The molecule has 2 aromatic rings. The molecule has 100 valence electrons. The molecule has 0 saturated heterocycles. The average Bonchev–Trinajstić information content (AvgIpc) is 2.86. The molecule has 0 spiro atoms. The lowest BCUT2D eigenvalue weighted by atomic mass is 9.82. The first-order valence-corrected chi connectivity index (χ1v) is 7.27. The second-order valence-electron chi connectivity index (χ2n) is 4.74. The van der Waals surface area contributed by atoms with Crippen LogP contribution in [0.1, 0.15) is 42.3 Å². The van der Waals surface area contributed by atoms with Crippen molar-refractivity contribution in [1.29, 1.82) is 0 Å². The van der Waals surface area contributed by atoms with Crippen LogP contribution < -0.4 is 0 Å². The van der Waals surface area contributed by atoms with Gasteiger partial charge in [-0.1, -0.05) is 50.6 Å². The highest BCUT2D eigenvalue weighted by atomic mass is 79.9. The molecule has 0 aliphatic carbocycles. The second-order valence-corrected chi connectivity index (χ2v) is 5.52. The zero-order chi connectivity index (χ0) is 13.8. The number of halogens is 1. The Morgan fingerprint density at radius 3 is 2.42 bits per heavy atom. The van der Waals surface area contributed by atoms with Crippen molar-refractivity contribution in [1.82, 2.24) is 0 Å². The van der Waals surface area contributed by atoms with Gasteiger partial charge in [0, 0.05) is 0 Å². The van der Waals surface area contributed by atoms with E-state index in [1.165, 1.54) is 0 Å². The maximum absolute atomic E-state index is 12.6. The molecule has 1 aromatic heterocycles. The lowest BCUT2D eigenvalue weighted by Crippen LogP contribution is -2.19. The fraction of sp³-hybridized carbons (Fsp3) is 0.312. The van der Waals surface area contributed by atoms with Gasteiger partial charge in [-0.2, -0.15) is 0 Å². The van der Waals surface area contributed by atoms with Crippen molar-refractivity contribution >= 4 is 21.7 Å². The number of ketones is 1. The minimum absolute atomic E-state index is 0.0475. The van der Waals surface area contributed by atoms with Gasteiger partial charge in [-0.05, 0) is 39.5 Å². The minimum Gasteiger partial charge on any atom is -0.446 e. The maximum atomic E-state index is 12.6. The Kier molecular flexibility index (Phi) is 4.59. The number of furan rings is 1. The molecule has 1 heterocycles. The second kappa shape index (κ2) is 6.20. The van der Waals surface area contributed by atoms with E-state index in [9.17, 15) is 4.79 Å². The van der Waals surface area contributed by atoms with E-state index in [1.807, 2.05) is 30.3 Å². The molecule has 0 bridgehead atoms. The fourth-order valence-corrected chi connectivity index (χ4v) is 2.54. The topological polar surface area (TPSA) is 30.2 Å². The summed E-state index contributed by atoms with van der Waals surface area (Å²) in [6, 6.07) is 13.4. The van der Waals surface area contributed by atoms with Gasteiger partial charge in [0.05, 0.1) is 5.92 Å². The van der Waals surface area contributed by atoms with Gasteiger partial charge in [0.1, 0.15) is 0 Å². The Morgan fingerprint density at radius 2 is 1.89 bits per heavy atom. The summed E-state index contributed by atoms with van der Waals surface area (Å²) >= 11 is 3.24. The van der Waals surface area contributed by atoms with E-state index in [-0.39, 0.29) is 17.6 Å². The first kappa shape index (κ1) is 14.1. The number of hydrogen-bond donors (Lipinski definition) is 0. The van der Waals surface area contributed by atoms with E-state index in [4.69, 9.17) is 4.42 Å². The van der Waals surface area contributed by atoms with Gasteiger partial charge in [-0.25, -0.2) is 0 Å². The molecular weight excluding hydrogens is 304 g/mol. The summed E-state index contributed by atoms with van der Waals surface area (Å²) in [7, 11) is 0. The molecular formula is C16H17BrO2. The van der Waals surface area contributed by atoms with Crippen LogP contribution in [0.2, 0.25) is 0 Å². The Balaban J connectivity index is 2.36. The normalized spacial score (nSPS) is 14.1. The monoisotopic (exact) mass is 320 g/mol. The van der Waals surface area contributed by atoms with Crippen LogP contribution in [0.3, 0.4) is 0 Å². The van der Waals surface area contributed by atoms with Crippen molar-refractivity contribution < 1.29 is 9.21 Å². The van der Waals surface area contributed by atoms with Crippen molar-refractivity contribution in [2.45, 2.75) is 26.2 Å². The number of rotatable bonds is 5. The fourth-order valence-electron chi connectivity index (χ4n) is 2.23. The molecule has 0 aliphatic heterocycles. The van der Waals surface area contributed by atoms with Gasteiger partial charge in [-0.3, -0.25) is 4.79 Å². The zero-order valence-corrected chi connectivity index (χ0v) is 12.7. The minimum atomic E-state index is -0.149. The number of Topliss-reactive ketones (excluding diaryl/α,β-unsaturated/α-hetero) is 1. The summed E-state index contributed by atoms with van der Waals surface area (Å²) in [6.45, 7) is 4.21. The lowest BCUT2D eigenvalue weighted by molar-refractivity contribution is 0.0902. The molecule has 2 nitrogen and oxygen atoms in total. The summed E-state index contributed by atoms with van der Waals surface area (Å²) < 4.78 is 6.00. The molecule has 0 fully saturated rings. The van der Waals surface area contributed by atoms with Gasteiger partial charge in [-0.15, -0.1) is 0 Å². The molecule has 0 amide bonds. The molecule has 2 atom stereocenters. The smallest absolute Gasteiger partial charge is 0.205 e. The molecule has 3 heteroatoms. The largest absolute Gasteiger partial charge is 0.446 e. The van der Waals surface area contributed by atoms with Gasteiger partial charge in [0.15, 0.2) is 10.4 Å². The average molecular weight is 321 g/mol. The van der Waals surface area contributed by atoms with E-state index in [0.717, 1.165) is 12.0 Å². The van der Waals surface area contributed by atoms with Crippen LogP contribution in [0.5, 0.6) is 0 Å². The van der Waals surface area contributed by atoms with Crippen molar-refractivity contribution in [2.75, 3.05) is 0 Å². The van der Waals surface area contributed by atoms with Gasteiger partial charge in [0.25, 0.3) is 0 Å². The van der Waals surface area contributed by atoms with E-state index >= 15 is 0 Å². The molecule has 1 aromatic carbocycles. The first-order chi connectivity index (χ1) is 9.13. The highest BCUT2D eigenvalue weighted by Gasteiger charge is 2.28. The van der Waals surface area contributed by atoms with Crippen LogP contribution in [0.15, 0.2) is 51.6 Å². The van der Waals surface area contributed by atoms with Crippen LogP contribution >= 0.6 is 15.9 Å². The zero-order valence-electron chi connectivity index (χ0n) is 11.1. The highest BCUT2D eigenvalue weighted by Crippen LogP contribution is 2.31. The third kappa shape index (κ3) is 3.16. The van der Waals surface area contributed by atoms with Crippen LogP contribution in [-0.4, -0.2) is 5.78 Å². The van der Waals surface area contributed by atoms with Crippen LogP contribution in [0.25, 0.3) is 0 Å². The maximum Gasteiger partial charge on any atom is 0.205 e. The van der Waals surface area contributed by atoms with E-state index in [2.05, 4.69) is 29.8 Å². The summed E-state index contributed by atoms with van der Waals surface area (Å²) in [5, 5.41) is 0. The van der Waals surface area contributed by atoms with Crippen LogP contribution in [0.4, 0.5) is 0 Å². The van der Waals surface area contributed by atoms with Crippen molar-refractivity contribution in [2.24, 2.45) is 5.92 Å². The molecule has 0 N–H and O–H groups in total. The Bertz CT molecular complexity index is 545. The third-order valence-corrected chi connectivity index (χ3v) is 3.90. The molecule has 2 rings (SSSR count). The summed E-state index contributed by atoms with van der Waals surface area (Å²) in [5.74, 6) is 0.593. The standard InChI is InChI=1S/C16H17BrO2/c1-3-11(2)15(12-7-5-4-6-8-12)16(18)13-9-10-14(17)19-13/h4-11,15H,3H2,1-2H3. The number of hydrogen-bond acceptors (Lipinski definition) is 2. The Hall–Kier alpha value is -1.35. The van der Waals surface area contributed by atoms with Gasteiger partial charge < -0.3 is 4.42 Å². The van der Waals surface area contributed by atoms with Gasteiger partial charge >= 0.3 is 0 Å². The van der Waals surface area contributed by atoms with Crippen molar-refractivity contribution in [3.8, 4) is 0 Å². The van der Waals surface area contributed by atoms with Crippen LogP contribution in [-0.2, 0) is 0 Å². The van der Waals surface area contributed by atoms with E-state index in [0.29, 0.717) is 10.4 Å². The highest BCUT2D eigenvalue weighted by molar-refractivity contribution is 9.10. The molecule has 0 aliphatic rings. The third-order valence-electron chi connectivity index (χ3n) is 3.47.